The number of amides is 2. The molecule has 0 saturated heterocycles. The quantitative estimate of drug-likeness (QED) is 0.544. The smallest absolute Gasteiger partial charge is 0.338 e. The van der Waals surface area contributed by atoms with E-state index in [-0.39, 0.29) is 18.8 Å². The lowest BCUT2D eigenvalue weighted by Gasteiger charge is -2.25. The van der Waals surface area contributed by atoms with E-state index in [9.17, 15) is 14.4 Å². The zero-order valence-corrected chi connectivity index (χ0v) is 16.8. The van der Waals surface area contributed by atoms with Crippen LogP contribution in [0.4, 0.5) is 0 Å². The van der Waals surface area contributed by atoms with Crippen molar-refractivity contribution in [2.75, 3.05) is 19.8 Å². The molecular weight excluding hydrogens is 428 g/mol. The van der Waals surface area contributed by atoms with Gasteiger partial charge in [0.15, 0.2) is 18.1 Å². The number of hydrogen-bond donors (Lipinski definition) is 2. The van der Waals surface area contributed by atoms with Crippen molar-refractivity contribution in [3.63, 3.8) is 0 Å². The Bertz CT molecular complexity index is 1070. The molecule has 10 heteroatoms. The van der Waals surface area contributed by atoms with Crippen molar-refractivity contribution in [2.24, 2.45) is 0 Å². The largest absolute Gasteiger partial charge is 0.488 e. The van der Waals surface area contributed by atoms with E-state index in [4.69, 9.17) is 30.5 Å². The number of carbonyl (C=O) groups is 3. The second-order valence-corrected chi connectivity index (χ2v) is 7.05. The minimum atomic E-state index is -0.936. The molecule has 0 bridgehead atoms. The van der Waals surface area contributed by atoms with E-state index in [2.05, 4.69) is 10.9 Å². The first-order chi connectivity index (χ1) is 15.0. The number of fused-ring (bicyclic) bond motifs is 2. The molecule has 1 atom stereocenters. The van der Waals surface area contributed by atoms with Crippen molar-refractivity contribution in [3.8, 4) is 17.2 Å². The average molecular weight is 445 g/mol. The molecule has 2 aliphatic heterocycles. The van der Waals surface area contributed by atoms with Gasteiger partial charge in [-0.1, -0.05) is 23.7 Å². The van der Waals surface area contributed by atoms with Gasteiger partial charge in [-0.15, -0.1) is 0 Å². The molecule has 160 valence electrons. The van der Waals surface area contributed by atoms with Crippen LogP contribution < -0.4 is 25.1 Å². The first-order valence-corrected chi connectivity index (χ1v) is 9.64. The van der Waals surface area contributed by atoms with Crippen LogP contribution in [0, 0.1) is 0 Å². The monoisotopic (exact) mass is 444 g/mol. The molecule has 0 fully saturated rings. The number of nitrogens with one attached hydrogen (secondary N) is 2. The van der Waals surface area contributed by atoms with E-state index < -0.39 is 30.5 Å². The van der Waals surface area contributed by atoms with Crippen molar-refractivity contribution >= 4 is 35.5 Å². The molecule has 2 aliphatic rings. The zero-order valence-electron chi connectivity index (χ0n) is 16.1. The van der Waals surface area contributed by atoms with Gasteiger partial charge in [-0.2, -0.15) is 0 Å². The molecule has 2 amide bonds. The van der Waals surface area contributed by atoms with Gasteiger partial charge in [-0.3, -0.25) is 20.4 Å². The van der Waals surface area contributed by atoms with Crippen molar-refractivity contribution in [3.05, 3.63) is 58.6 Å². The SMILES string of the molecule is O=C(COC(=O)C1=Cc2cc(Cl)ccc2OC1)NNC(=O)C1COc2ccccc2O1. The molecule has 0 spiro atoms. The maximum Gasteiger partial charge on any atom is 0.338 e. The van der Waals surface area contributed by atoms with E-state index >= 15 is 0 Å². The van der Waals surface area contributed by atoms with Crippen molar-refractivity contribution in [1.82, 2.24) is 10.9 Å². The number of halogens is 1. The predicted octanol–water partition coefficient (Wildman–Crippen LogP) is 1.65. The third-order valence-corrected chi connectivity index (χ3v) is 4.64. The zero-order chi connectivity index (χ0) is 21.8. The van der Waals surface area contributed by atoms with Crippen molar-refractivity contribution < 1.29 is 33.3 Å². The molecule has 2 aromatic carbocycles. The van der Waals surface area contributed by atoms with Gasteiger partial charge < -0.3 is 18.9 Å². The third-order valence-electron chi connectivity index (χ3n) is 4.41. The summed E-state index contributed by atoms with van der Waals surface area (Å²) < 4.78 is 21.4. The van der Waals surface area contributed by atoms with E-state index in [0.29, 0.717) is 27.8 Å². The summed E-state index contributed by atoms with van der Waals surface area (Å²) in [6.07, 6.45) is 0.652. The van der Waals surface area contributed by atoms with E-state index in [1.54, 1.807) is 48.5 Å². The Morgan fingerprint density at radius 2 is 1.84 bits per heavy atom. The van der Waals surface area contributed by atoms with Crippen molar-refractivity contribution in [2.45, 2.75) is 6.10 Å². The Balaban J connectivity index is 1.23. The minimum absolute atomic E-state index is 0.00626. The van der Waals surface area contributed by atoms with Gasteiger partial charge in [0, 0.05) is 10.6 Å². The topological polar surface area (TPSA) is 112 Å². The van der Waals surface area contributed by atoms with Crippen LogP contribution in [-0.4, -0.2) is 43.7 Å². The maximum absolute atomic E-state index is 12.2. The van der Waals surface area contributed by atoms with Gasteiger partial charge in [-0.05, 0) is 36.4 Å². The summed E-state index contributed by atoms with van der Waals surface area (Å²) in [5, 5.41) is 0.499. The number of esters is 1. The summed E-state index contributed by atoms with van der Waals surface area (Å²) in [6, 6.07) is 12.0. The first-order valence-electron chi connectivity index (χ1n) is 9.27. The molecule has 2 heterocycles. The highest BCUT2D eigenvalue weighted by molar-refractivity contribution is 6.30. The second kappa shape index (κ2) is 8.97. The Morgan fingerprint density at radius 3 is 2.68 bits per heavy atom. The summed E-state index contributed by atoms with van der Waals surface area (Å²) in [5.74, 6) is -0.482. The van der Waals surface area contributed by atoms with Crippen molar-refractivity contribution in [1.29, 1.82) is 0 Å². The summed E-state index contributed by atoms with van der Waals surface area (Å²) in [7, 11) is 0. The fourth-order valence-electron chi connectivity index (χ4n) is 2.89. The fraction of sp³-hybridized carbons (Fsp3) is 0.190. The number of carbonyl (C=O) groups excluding carboxylic acids is 3. The van der Waals surface area contributed by atoms with Crippen LogP contribution in [0.2, 0.25) is 5.02 Å². The number of rotatable bonds is 4. The fourth-order valence-corrected chi connectivity index (χ4v) is 3.07. The molecule has 4 rings (SSSR count). The lowest BCUT2D eigenvalue weighted by molar-refractivity contribution is -0.146. The highest BCUT2D eigenvalue weighted by Crippen LogP contribution is 2.31. The molecule has 2 N–H and O–H groups in total. The number of hydrazine groups is 1. The van der Waals surface area contributed by atoms with Crippen LogP contribution in [0.3, 0.4) is 0 Å². The highest BCUT2D eigenvalue weighted by atomic mass is 35.5. The lowest BCUT2D eigenvalue weighted by atomic mass is 10.1. The van der Waals surface area contributed by atoms with Crippen LogP contribution >= 0.6 is 11.6 Å². The van der Waals surface area contributed by atoms with Crippen LogP contribution in [-0.2, 0) is 19.1 Å². The summed E-state index contributed by atoms with van der Waals surface area (Å²) in [6.45, 7) is -0.594. The molecule has 0 aliphatic carbocycles. The van der Waals surface area contributed by atoms with Gasteiger partial charge in [0.25, 0.3) is 11.8 Å². The average Bonchev–Trinajstić information content (AvgIpc) is 2.80. The number of para-hydroxylation sites is 2. The summed E-state index contributed by atoms with van der Waals surface area (Å²) in [5.41, 5.74) is 5.25. The molecule has 2 aromatic rings. The molecule has 31 heavy (non-hydrogen) atoms. The molecule has 0 saturated carbocycles. The van der Waals surface area contributed by atoms with Gasteiger partial charge in [-0.25, -0.2) is 4.79 Å². The van der Waals surface area contributed by atoms with E-state index in [1.165, 1.54) is 0 Å². The van der Waals surface area contributed by atoms with Gasteiger partial charge >= 0.3 is 5.97 Å². The van der Waals surface area contributed by atoms with Gasteiger partial charge in [0.2, 0.25) is 6.10 Å². The molecule has 0 aromatic heterocycles. The van der Waals surface area contributed by atoms with Crippen LogP contribution in [0.25, 0.3) is 6.08 Å². The van der Waals surface area contributed by atoms with Gasteiger partial charge in [0.1, 0.15) is 19.0 Å². The Hall–Kier alpha value is -3.72. The number of hydrogen-bond acceptors (Lipinski definition) is 7. The Morgan fingerprint density at radius 1 is 1.03 bits per heavy atom. The summed E-state index contributed by atoms with van der Waals surface area (Å²) >= 11 is 5.94. The van der Waals surface area contributed by atoms with E-state index in [1.807, 2.05) is 0 Å². The molecule has 9 nitrogen and oxygen atoms in total. The first kappa shape index (κ1) is 20.5. The second-order valence-electron chi connectivity index (χ2n) is 6.62. The number of ether oxygens (including phenoxy) is 4. The standard InChI is InChI=1S/C21H17ClN2O7/c22-14-5-6-15-12(8-14)7-13(9-28-15)21(27)30-11-19(25)23-24-20(26)18-10-29-16-3-1-2-4-17(16)31-18/h1-8,18H,9-11H2,(H,23,25)(H,24,26). The third kappa shape index (κ3) is 4.89. The van der Waals surface area contributed by atoms with Gasteiger partial charge in [0.05, 0.1) is 5.57 Å². The normalized spacial score (nSPS) is 16.2. The minimum Gasteiger partial charge on any atom is -0.488 e. The Kier molecular flexibility index (Phi) is 5.94. The number of benzene rings is 2. The predicted molar refractivity (Wildman–Crippen MR) is 109 cm³/mol. The van der Waals surface area contributed by atoms with Crippen LogP contribution in [0.5, 0.6) is 17.2 Å². The summed E-state index contributed by atoms with van der Waals surface area (Å²) in [4.78, 5) is 36.3. The van der Waals surface area contributed by atoms with Crippen LogP contribution in [0.15, 0.2) is 48.0 Å². The molecular formula is C21H17ClN2O7. The molecule has 0 radical (unpaired) electrons. The lowest BCUT2D eigenvalue weighted by Crippen LogP contribution is -2.51. The maximum atomic E-state index is 12.2. The Labute approximate surface area is 181 Å². The van der Waals surface area contributed by atoms with Crippen LogP contribution in [0.1, 0.15) is 5.56 Å². The van der Waals surface area contributed by atoms with E-state index in [0.717, 1.165) is 0 Å². The molecule has 1 unspecified atom stereocenters. The highest BCUT2D eigenvalue weighted by Gasteiger charge is 2.27.